The van der Waals surface area contributed by atoms with E-state index in [1.165, 1.54) is 0 Å². The van der Waals surface area contributed by atoms with Crippen molar-refractivity contribution in [3.8, 4) is 11.4 Å². The van der Waals surface area contributed by atoms with E-state index in [2.05, 4.69) is 20.9 Å². The van der Waals surface area contributed by atoms with Gasteiger partial charge < -0.3 is 15.4 Å². The molecule has 2 N–H and O–H groups in total. The Morgan fingerprint density at radius 1 is 1.41 bits per heavy atom. The van der Waals surface area contributed by atoms with Gasteiger partial charge in [-0.2, -0.15) is 0 Å². The standard InChI is InChI=1S/C15H19N5O2/c1-10-14(15(21)17-11-7-8-16-9-11)18-19-20(10)12-3-5-13(22-2)6-4-12/h3-6,11,16H,7-9H2,1-2H3,(H,17,21). The molecule has 1 saturated heterocycles. The number of nitrogens with zero attached hydrogens (tertiary/aromatic N) is 3. The van der Waals surface area contributed by atoms with Gasteiger partial charge in [-0.05, 0) is 44.2 Å². The summed E-state index contributed by atoms with van der Waals surface area (Å²) in [5.74, 6) is 0.596. The van der Waals surface area contributed by atoms with Gasteiger partial charge >= 0.3 is 0 Å². The molecule has 1 unspecified atom stereocenters. The third-order valence-corrected chi connectivity index (χ3v) is 3.82. The number of nitrogens with one attached hydrogen (secondary N) is 2. The van der Waals surface area contributed by atoms with Crippen molar-refractivity contribution in [1.29, 1.82) is 0 Å². The monoisotopic (exact) mass is 301 g/mol. The fourth-order valence-corrected chi connectivity index (χ4v) is 2.54. The Morgan fingerprint density at radius 2 is 2.18 bits per heavy atom. The molecule has 1 aromatic heterocycles. The van der Waals surface area contributed by atoms with E-state index in [0.717, 1.165) is 30.9 Å². The van der Waals surface area contributed by atoms with Crippen LogP contribution in [-0.4, -0.2) is 47.1 Å². The Kier molecular flexibility index (Phi) is 4.06. The van der Waals surface area contributed by atoms with Crippen LogP contribution in [0.4, 0.5) is 0 Å². The number of carbonyl (C=O) groups excluding carboxylic acids is 1. The average molecular weight is 301 g/mol. The summed E-state index contributed by atoms with van der Waals surface area (Å²) in [7, 11) is 1.62. The summed E-state index contributed by atoms with van der Waals surface area (Å²) in [4.78, 5) is 12.3. The second kappa shape index (κ2) is 6.15. The second-order valence-electron chi connectivity index (χ2n) is 5.30. The lowest BCUT2D eigenvalue weighted by Crippen LogP contribution is -2.36. The molecule has 0 spiro atoms. The van der Waals surface area contributed by atoms with E-state index in [9.17, 15) is 4.79 Å². The molecular formula is C15H19N5O2. The van der Waals surface area contributed by atoms with E-state index in [0.29, 0.717) is 11.4 Å². The van der Waals surface area contributed by atoms with Crippen molar-refractivity contribution >= 4 is 5.91 Å². The van der Waals surface area contributed by atoms with Gasteiger partial charge in [0.15, 0.2) is 5.69 Å². The van der Waals surface area contributed by atoms with E-state index in [1.807, 2.05) is 31.2 Å². The summed E-state index contributed by atoms with van der Waals surface area (Å²) < 4.78 is 6.79. The van der Waals surface area contributed by atoms with Crippen molar-refractivity contribution < 1.29 is 9.53 Å². The Bertz CT molecular complexity index is 659. The SMILES string of the molecule is COc1ccc(-n2nnc(C(=O)NC3CCNC3)c2C)cc1. The molecule has 22 heavy (non-hydrogen) atoms. The molecule has 1 amide bonds. The highest BCUT2D eigenvalue weighted by Crippen LogP contribution is 2.16. The maximum absolute atomic E-state index is 12.3. The molecule has 0 bridgehead atoms. The molecule has 1 aliphatic heterocycles. The van der Waals surface area contributed by atoms with Gasteiger partial charge in [-0.3, -0.25) is 4.79 Å². The summed E-state index contributed by atoms with van der Waals surface area (Å²) in [6, 6.07) is 7.62. The van der Waals surface area contributed by atoms with E-state index in [4.69, 9.17) is 4.74 Å². The highest BCUT2D eigenvalue weighted by atomic mass is 16.5. The van der Waals surface area contributed by atoms with Crippen LogP contribution in [0.5, 0.6) is 5.75 Å². The van der Waals surface area contributed by atoms with Gasteiger partial charge in [0.05, 0.1) is 18.5 Å². The predicted molar refractivity (Wildman–Crippen MR) is 81.4 cm³/mol. The van der Waals surface area contributed by atoms with Gasteiger partial charge in [-0.1, -0.05) is 5.21 Å². The molecule has 1 fully saturated rings. The molecule has 2 aromatic rings. The molecule has 0 aliphatic carbocycles. The molecule has 2 heterocycles. The first kappa shape index (κ1) is 14.5. The smallest absolute Gasteiger partial charge is 0.274 e. The third-order valence-electron chi connectivity index (χ3n) is 3.82. The number of hydrogen-bond acceptors (Lipinski definition) is 5. The number of carbonyl (C=O) groups is 1. The number of hydrogen-bond donors (Lipinski definition) is 2. The van der Waals surface area contributed by atoms with Gasteiger partial charge in [0.2, 0.25) is 0 Å². The van der Waals surface area contributed by atoms with Gasteiger partial charge in [0.25, 0.3) is 5.91 Å². The number of benzene rings is 1. The Hall–Kier alpha value is -2.41. The van der Waals surface area contributed by atoms with Crippen LogP contribution in [0.3, 0.4) is 0 Å². The maximum atomic E-state index is 12.3. The van der Waals surface area contributed by atoms with E-state index in [1.54, 1.807) is 11.8 Å². The lowest BCUT2D eigenvalue weighted by Gasteiger charge is -2.10. The molecule has 1 aromatic carbocycles. The number of methoxy groups -OCH3 is 1. The van der Waals surface area contributed by atoms with Crippen LogP contribution in [0.1, 0.15) is 22.6 Å². The Labute approximate surface area is 128 Å². The summed E-state index contributed by atoms with van der Waals surface area (Å²) in [6.07, 6.45) is 0.942. The first-order valence-electron chi connectivity index (χ1n) is 7.27. The first-order valence-corrected chi connectivity index (χ1v) is 7.27. The first-order chi connectivity index (χ1) is 10.7. The summed E-state index contributed by atoms with van der Waals surface area (Å²) in [5, 5.41) is 14.3. The van der Waals surface area contributed by atoms with Gasteiger partial charge in [-0.25, -0.2) is 4.68 Å². The number of ether oxygens (including phenoxy) is 1. The van der Waals surface area contributed by atoms with Crippen molar-refractivity contribution in [2.45, 2.75) is 19.4 Å². The number of aromatic nitrogens is 3. The van der Waals surface area contributed by atoms with Gasteiger partial charge in [0, 0.05) is 12.6 Å². The topological polar surface area (TPSA) is 81.1 Å². The lowest BCUT2D eigenvalue weighted by atomic mass is 10.2. The van der Waals surface area contributed by atoms with Crippen LogP contribution in [0, 0.1) is 6.92 Å². The van der Waals surface area contributed by atoms with Crippen LogP contribution >= 0.6 is 0 Å². The maximum Gasteiger partial charge on any atom is 0.274 e. The summed E-state index contributed by atoms with van der Waals surface area (Å²) in [6.45, 7) is 3.58. The zero-order valence-electron chi connectivity index (χ0n) is 12.7. The highest BCUT2D eigenvalue weighted by molar-refractivity contribution is 5.93. The molecule has 3 rings (SSSR count). The number of amides is 1. The molecule has 7 heteroatoms. The van der Waals surface area contributed by atoms with Crippen molar-refractivity contribution in [2.75, 3.05) is 20.2 Å². The van der Waals surface area contributed by atoms with Crippen LogP contribution in [-0.2, 0) is 0 Å². The molecule has 116 valence electrons. The van der Waals surface area contributed by atoms with Crippen molar-refractivity contribution in [3.05, 3.63) is 35.7 Å². The van der Waals surface area contributed by atoms with E-state index >= 15 is 0 Å². The van der Waals surface area contributed by atoms with Crippen LogP contribution in [0.2, 0.25) is 0 Å². The normalized spacial score (nSPS) is 17.5. The van der Waals surface area contributed by atoms with Crippen LogP contribution in [0.25, 0.3) is 5.69 Å². The molecule has 1 atom stereocenters. The molecule has 0 saturated carbocycles. The zero-order chi connectivity index (χ0) is 15.5. The van der Waals surface area contributed by atoms with Crippen LogP contribution in [0.15, 0.2) is 24.3 Å². The zero-order valence-corrected chi connectivity index (χ0v) is 12.7. The Balaban J connectivity index is 1.79. The summed E-state index contributed by atoms with van der Waals surface area (Å²) in [5.41, 5.74) is 1.92. The highest BCUT2D eigenvalue weighted by Gasteiger charge is 2.22. The number of rotatable bonds is 4. The van der Waals surface area contributed by atoms with E-state index < -0.39 is 0 Å². The van der Waals surface area contributed by atoms with Crippen molar-refractivity contribution in [1.82, 2.24) is 25.6 Å². The van der Waals surface area contributed by atoms with Crippen molar-refractivity contribution in [2.24, 2.45) is 0 Å². The molecule has 1 aliphatic rings. The van der Waals surface area contributed by atoms with E-state index in [-0.39, 0.29) is 11.9 Å². The quantitative estimate of drug-likeness (QED) is 0.868. The van der Waals surface area contributed by atoms with Gasteiger partial charge in [0.1, 0.15) is 5.75 Å². The van der Waals surface area contributed by atoms with Crippen molar-refractivity contribution in [3.63, 3.8) is 0 Å². The average Bonchev–Trinajstić information content (AvgIpc) is 3.17. The minimum Gasteiger partial charge on any atom is -0.497 e. The minimum atomic E-state index is -0.175. The van der Waals surface area contributed by atoms with Gasteiger partial charge in [-0.15, -0.1) is 5.10 Å². The fourth-order valence-electron chi connectivity index (χ4n) is 2.54. The minimum absolute atomic E-state index is 0.165. The Morgan fingerprint density at radius 3 is 2.82 bits per heavy atom. The molecular weight excluding hydrogens is 282 g/mol. The third kappa shape index (κ3) is 2.80. The lowest BCUT2D eigenvalue weighted by molar-refractivity contribution is 0.0934. The largest absolute Gasteiger partial charge is 0.497 e. The summed E-state index contributed by atoms with van der Waals surface area (Å²) >= 11 is 0. The predicted octanol–water partition coefficient (Wildman–Crippen LogP) is 0.676. The molecule has 0 radical (unpaired) electrons. The fraction of sp³-hybridized carbons (Fsp3) is 0.400. The second-order valence-corrected chi connectivity index (χ2v) is 5.30. The van der Waals surface area contributed by atoms with Crippen LogP contribution < -0.4 is 15.4 Å². The molecule has 7 nitrogen and oxygen atoms in total.